The van der Waals surface area contributed by atoms with Crippen LogP contribution in [0.1, 0.15) is 31.7 Å². The van der Waals surface area contributed by atoms with E-state index in [-0.39, 0.29) is 0 Å². The Morgan fingerprint density at radius 1 is 1.36 bits per heavy atom. The largest absolute Gasteiger partial charge is 0.492 e. The molecule has 0 N–H and O–H groups in total. The van der Waals surface area contributed by atoms with Crippen molar-refractivity contribution in [2.45, 2.75) is 26.2 Å². The fourth-order valence-electron chi connectivity index (χ4n) is 1.39. The molecule has 0 heterocycles. The van der Waals surface area contributed by atoms with E-state index >= 15 is 0 Å². The summed E-state index contributed by atoms with van der Waals surface area (Å²) in [5.41, 5.74) is 1.30. The van der Waals surface area contributed by atoms with E-state index in [1.54, 1.807) is 0 Å². The van der Waals surface area contributed by atoms with Gasteiger partial charge in [0.2, 0.25) is 0 Å². The number of ether oxygens (including phenoxy) is 1. The van der Waals surface area contributed by atoms with Crippen LogP contribution in [0.2, 0.25) is 0 Å². The van der Waals surface area contributed by atoms with Crippen LogP contribution in [-0.4, -0.2) is 12.4 Å². The van der Waals surface area contributed by atoms with Crippen LogP contribution >= 0.6 is 12.6 Å². The van der Waals surface area contributed by atoms with Gasteiger partial charge in [-0.25, -0.2) is 0 Å². The molecule has 0 radical (unpaired) electrons. The van der Waals surface area contributed by atoms with Crippen molar-refractivity contribution in [3.8, 4) is 5.75 Å². The first-order valence-corrected chi connectivity index (χ1v) is 5.75. The fraction of sp³-hybridized carbons (Fsp3) is 0.500. The van der Waals surface area contributed by atoms with Gasteiger partial charge in [-0.2, -0.15) is 12.6 Å². The minimum Gasteiger partial charge on any atom is -0.492 e. The van der Waals surface area contributed by atoms with Crippen molar-refractivity contribution in [1.82, 2.24) is 0 Å². The second-order valence-electron chi connectivity index (χ2n) is 3.42. The molecule has 0 aromatic heterocycles. The Hall–Kier alpha value is -0.630. The molecule has 0 aliphatic heterocycles. The molecule has 0 amide bonds. The maximum absolute atomic E-state index is 5.63. The van der Waals surface area contributed by atoms with Gasteiger partial charge in [0.1, 0.15) is 5.75 Å². The molecule has 0 bridgehead atoms. The molecule has 2 heteroatoms. The van der Waals surface area contributed by atoms with Crippen LogP contribution in [0.3, 0.4) is 0 Å². The predicted molar refractivity (Wildman–Crippen MR) is 64.5 cm³/mol. The number of benzene rings is 1. The van der Waals surface area contributed by atoms with Crippen molar-refractivity contribution in [3.05, 3.63) is 29.8 Å². The monoisotopic (exact) mass is 210 g/mol. The standard InChI is InChI=1S/C12H18OS/c1-3-10(2)11-6-4-5-7-12(11)13-8-9-14/h4-7,10,14H,3,8-9H2,1-2H3. The SMILES string of the molecule is CCC(C)c1ccccc1OCCS. The van der Waals surface area contributed by atoms with Crippen molar-refractivity contribution in [3.63, 3.8) is 0 Å². The zero-order valence-corrected chi connectivity index (χ0v) is 9.76. The highest BCUT2D eigenvalue weighted by atomic mass is 32.1. The van der Waals surface area contributed by atoms with E-state index < -0.39 is 0 Å². The summed E-state index contributed by atoms with van der Waals surface area (Å²) in [6, 6.07) is 8.25. The zero-order valence-electron chi connectivity index (χ0n) is 8.86. The molecule has 14 heavy (non-hydrogen) atoms. The van der Waals surface area contributed by atoms with Crippen LogP contribution in [0.4, 0.5) is 0 Å². The van der Waals surface area contributed by atoms with Crippen molar-refractivity contribution in [2.75, 3.05) is 12.4 Å². The number of rotatable bonds is 5. The summed E-state index contributed by atoms with van der Waals surface area (Å²) in [7, 11) is 0. The molecule has 1 aromatic rings. The summed E-state index contributed by atoms with van der Waals surface area (Å²) in [5, 5.41) is 0. The molecule has 1 atom stereocenters. The summed E-state index contributed by atoms with van der Waals surface area (Å²) in [5.74, 6) is 2.33. The Labute approximate surface area is 91.9 Å². The summed E-state index contributed by atoms with van der Waals surface area (Å²) < 4.78 is 5.63. The fourth-order valence-corrected chi connectivity index (χ4v) is 1.49. The van der Waals surface area contributed by atoms with E-state index in [0.717, 1.165) is 17.9 Å². The predicted octanol–water partition coefficient (Wildman–Crippen LogP) is 3.51. The molecule has 0 aliphatic carbocycles. The van der Waals surface area contributed by atoms with Gasteiger partial charge in [-0.15, -0.1) is 0 Å². The maximum atomic E-state index is 5.63. The molecule has 0 spiro atoms. The Kier molecular flexibility index (Phi) is 4.88. The van der Waals surface area contributed by atoms with Gasteiger partial charge in [0.25, 0.3) is 0 Å². The number of hydrogen-bond donors (Lipinski definition) is 1. The summed E-state index contributed by atoms with van der Waals surface area (Å²) in [4.78, 5) is 0. The van der Waals surface area contributed by atoms with Gasteiger partial charge in [-0.1, -0.05) is 32.0 Å². The molecular formula is C12H18OS. The van der Waals surface area contributed by atoms with E-state index in [1.807, 2.05) is 12.1 Å². The third kappa shape index (κ3) is 2.95. The number of hydrogen-bond acceptors (Lipinski definition) is 2. The van der Waals surface area contributed by atoms with Gasteiger partial charge in [0, 0.05) is 5.75 Å². The molecule has 0 fully saturated rings. The summed E-state index contributed by atoms with van der Waals surface area (Å²) >= 11 is 4.13. The zero-order chi connectivity index (χ0) is 10.4. The topological polar surface area (TPSA) is 9.23 Å². The van der Waals surface area contributed by atoms with E-state index in [1.165, 1.54) is 5.56 Å². The van der Waals surface area contributed by atoms with Crippen molar-refractivity contribution in [1.29, 1.82) is 0 Å². The Morgan fingerprint density at radius 3 is 2.71 bits per heavy atom. The van der Waals surface area contributed by atoms with Crippen molar-refractivity contribution in [2.24, 2.45) is 0 Å². The molecule has 1 nitrogen and oxygen atoms in total. The van der Waals surface area contributed by atoms with Gasteiger partial charge in [0.15, 0.2) is 0 Å². The third-order valence-electron chi connectivity index (χ3n) is 2.41. The molecule has 78 valence electrons. The molecular weight excluding hydrogens is 192 g/mol. The minimum absolute atomic E-state index is 0.561. The van der Waals surface area contributed by atoms with Gasteiger partial charge in [0.05, 0.1) is 6.61 Å². The molecule has 1 rings (SSSR count). The normalized spacial score (nSPS) is 12.5. The highest BCUT2D eigenvalue weighted by molar-refractivity contribution is 7.80. The van der Waals surface area contributed by atoms with Crippen LogP contribution in [0.15, 0.2) is 24.3 Å². The van der Waals surface area contributed by atoms with Crippen LogP contribution in [0.25, 0.3) is 0 Å². The lowest BCUT2D eigenvalue weighted by atomic mass is 9.98. The summed E-state index contributed by atoms with van der Waals surface area (Å²) in [6.45, 7) is 5.10. The Bertz CT molecular complexity index is 273. The van der Waals surface area contributed by atoms with Crippen LogP contribution in [0.5, 0.6) is 5.75 Å². The quantitative estimate of drug-likeness (QED) is 0.732. The summed E-state index contributed by atoms with van der Waals surface area (Å²) in [6.07, 6.45) is 1.14. The van der Waals surface area contributed by atoms with Crippen molar-refractivity contribution < 1.29 is 4.74 Å². The first kappa shape index (κ1) is 11.4. The average Bonchev–Trinajstić information content (AvgIpc) is 2.25. The minimum atomic E-state index is 0.561. The molecule has 0 aliphatic rings. The first-order chi connectivity index (χ1) is 6.79. The first-order valence-electron chi connectivity index (χ1n) is 5.12. The molecule has 1 aromatic carbocycles. The van der Waals surface area contributed by atoms with Crippen LogP contribution in [-0.2, 0) is 0 Å². The van der Waals surface area contributed by atoms with Crippen LogP contribution < -0.4 is 4.74 Å². The highest BCUT2D eigenvalue weighted by Crippen LogP contribution is 2.28. The van der Waals surface area contributed by atoms with Gasteiger partial charge in [-0.3, -0.25) is 0 Å². The second-order valence-corrected chi connectivity index (χ2v) is 3.87. The van der Waals surface area contributed by atoms with Gasteiger partial charge < -0.3 is 4.74 Å². The average molecular weight is 210 g/mol. The Morgan fingerprint density at radius 2 is 2.07 bits per heavy atom. The third-order valence-corrected chi connectivity index (χ3v) is 2.59. The Balaban J connectivity index is 2.79. The smallest absolute Gasteiger partial charge is 0.122 e. The number of thiol groups is 1. The maximum Gasteiger partial charge on any atom is 0.122 e. The number of para-hydroxylation sites is 1. The lowest BCUT2D eigenvalue weighted by Crippen LogP contribution is -2.02. The second kappa shape index (κ2) is 5.97. The van der Waals surface area contributed by atoms with Crippen LogP contribution in [0, 0.1) is 0 Å². The molecule has 0 saturated heterocycles. The lowest BCUT2D eigenvalue weighted by molar-refractivity contribution is 0.338. The van der Waals surface area contributed by atoms with Crippen molar-refractivity contribution >= 4 is 12.6 Å². The van der Waals surface area contributed by atoms with Gasteiger partial charge >= 0.3 is 0 Å². The van der Waals surface area contributed by atoms with E-state index in [9.17, 15) is 0 Å². The van der Waals surface area contributed by atoms with E-state index in [0.29, 0.717) is 12.5 Å². The van der Waals surface area contributed by atoms with E-state index in [2.05, 4.69) is 38.6 Å². The molecule has 1 unspecified atom stereocenters. The van der Waals surface area contributed by atoms with Gasteiger partial charge in [-0.05, 0) is 24.0 Å². The molecule has 0 saturated carbocycles. The highest BCUT2D eigenvalue weighted by Gasteiger charge is 2.08. The lowest BCUT2D eigenvalue weighted by Gasteiger charge is -2.14. The van der Waals surface area contributed by atoms with E-state index in [4.69, 9.17) is 4.74 Å².